The van der Waals surface area contributed by atoms with Gasteiger partial charge in [-0.05, 0) is 32.0 Å². The molecule has 2 aromatic rings. The molecule has 2 rings (SSSR count). The molecule has 0 spiro atoms. The third kappa shape index (κ3) is 2.82. The van der Waals surface area contributed by atoms with Gasteiger partial charge in [-0.2, -0.15) is 5.10 Å². The van der Waals surface area contributed by atoms with E-state index in [9.17, 15) is 0 Å². The number of rotatable bonds is 3. The van der Waals surface area contributed by atoms with Gasteiger partial charge in [-0.1, -0.05) is 0 Å². The minimum absolute atomic E-state index is 0.149. The van der Waals surface area contributed by atoms with Crippen molar-refractivity contribution in [3.8, 4) is 16.9 Å². The summed E-state index contributed by atoms with van der Waals surface area (Å²) in [7, 11) is 1.90. The second kappa shape index (κ2) is 4.84. The van der Waals surface area contributed by atoms with Crippen LogP contribution in [0.3, 0.4) is 0 Å². The van der Waals surface area contributed by atoms with Gasteiger partial charge in [0.1, 0.15) is 5.75 Å². The minimum atomic E-state index is 0.149. The van der Waals surface area contributed by atoms with Crippen LogP contribution in [0.5, 0.6) is 5.75 Å². The summed E-state index contributed by atoms with van der Waals surface area (Å²) in [5, 5.41) is 4.18. The maximum Gasteiger partial charge on any atom is 0.127 e. The lowest BCUT2D eigenvalue weighted by Crippen LogP contribution is -2.06. The van der Waals surface area contributed by atoms with Gasteiger partial charge in [-0.15, -0.1) is 12.6 Å². The molecule has 4 heteroatoms. The van der Waals surface area contributed by atoms with E-state index in [4.69, 9.17) is 4.74 Å². The summed E-state index contributed by atoms with van der Waals surface area (Å²) >= 11 is 4.37. The summed E-state index contributed by atoms with van der Waals surface area (Å²) in [6.45, 7) is 4.03. The zero-order valence-corrected chi connectivity index (χ0v) is 11.1. The molecule has 1 aromatic heterocycles. The zero-order valence-electron chi connectivity index (χ0n) is 10.2. The highest BCUT2D eigenvalue weighted by Crippen LogP contribution is 2.32. The Labute approximate surface area is 107 Å². The Morgan fingerprint density at radius 3 is 2.71 bits per heavy atom. The molecule has 90 valence electrons. The Bertz CT molecular complexity index is 520. The number of aromatic nitrogens is 2. The summed E-state index contributed by atoms with van der Waals surface area (Å²) < 4.78 is 7.57. The van der Waals surface area contributed by atoms with Gasteiger partial charge < -0.3 is 4.74 Å². The smallest absolute Gasteiger partial charge is 0.127 e. The molecular formula is C13H16N2OS. The van der Waals surface area contributed by atoms with Gasteiger partial charge in [0.05, 0.1) is 12.3 Å². The molecule has 0 atom stereocenters. The van der Waals surface area contributed by atoms with Crippen LogP contribution in [0, 0.1) is 0 Å². The Morgan fingerprint density at radius 1 is 1.35 bits per heavy atom. The van der Waals surface area contributed by atoms with Crippen LogP contribution in [0.25, 0.3) is 11.1 Å². The molecule has 0 aliphatic rings. The predicted molar refractivity (Wildman–Crippen MR) is 71.7 cm³/mol. The van der Waals surface area contributed by atoms with E-state index in [1.807, 2.05) is 51.5 Å². The van der Waals surface area contributed by atoms with E-state index in [1.54, 1.807) is 4.68 Å². The van der Waals surface area contributed by atoms with E-state index in [0.29, 0.717) is 0 Å². The molecule has 1 aromatic carbocycles. The third-order valence-electron chi connectivity index (χ3n) is 2.34. The van der Waals surface area contributed by atoms with Crippen molar-refractivity contribution in [2.24, 2.45) is 7.05 Å². The lowest BCUT2D eigenvalue weighted by molar-refractivity contribution is 0.243. The van der Waals surface area contributed by atoms with Gasteiger partial charge in [0.25, 0.3) is 0 Å². The van der Waals surface area contributed by atoms with Crippen molar-refractivity contribution >= 4 is 12.6 Å². The second-order valence-corrected chi connectivity index (χ2v) is 4.77. The highest BCUT2D eigenvalue weighted by molar-refractivity contribution is 7.80. The number of benzene rings is 1. The van der Waals surface area contributed by atoms with Crippen LogP contribution >= 0.6 is 12.6 Å². The van der Waals surface area contributed by atoms with E-state index < -0.39 is 0 Å². The van der Waals surface area contributed by atoms with Crippen LogP contribution in [-0.2, 0) is 7.05 Å². The van der Waals surface area contributed by atoms with Gasteiger partial charge in [-0.25, -0.2) is 0 Å². The molecule has 0 amide bonds. The minimum Gasteiger partial charge on any atom is -0.490 e. The van der Waals surface area contributed by atoms with Crippen molar-refractivity contribution in [3.05, 3.63) is 30.6 Å². The molecule has 0 radical (unpaired) electrons. The predicted octanol–water partition coefficient (Wildman–Crippen LogP) is 3.16. The molecule has 0 saturated heterocycles. The topological polar surface area (TPSA) is 27.1 Å². The molecule has 0 aliphatic carbocycles. The number of ether oxygens (including phenoxy) is 1. The largest absolute Gasteiger partial charge is 0.490 e. The maximum atomic E-state index is 5.79. The van der Waals surface area contributed by atoms with Crippen molar-refractivity contribution < 1.29 is 4.74 Å². The van der Waals surface area contributed by atoms with Crippen LogP contribution in [0.15, 0.2) is 35.5 Å². The van der Waals surface area contributed by atoms with E-state index in [0.717, 1.165) is 21.8 Å². The highest BCUT2D eigenvalue weighted by atomic mass is 32.1. The normalized spacial score (nSPS) is 10.9. The fourth-order valence-electron chi connectivity index (χ4n) is 1.66. The van der Waals surface area contributed by atoms with Crippen molar-refractivity contribution in [2.45, 2.75) is 24.8 Å². The van der Waals surface area contributed by atoms with E-state index >= 15 is 0 Å². The van der Waals surface area contributed by atoms with E-state index in [-0.39, 0.29) is 6.10 Å². The average Bonchev–Trinajstić information content (AvgIpc) is 2.67. The second-order valence-electron chi connectivity index (χ2n) is 4.25. The SMILES string of the molecule is CC(C)Oc1ccc(S)cc1-c1cnn(C)c1. The van der Waals surface area contributed by atoms with E-state index in [1.165, 1.54) is 0 Å². The zero-order chi connectivity index (χ0) is 12.4. The summed E-state index contributed by atoms with van der Waals surface area (Å²) in [5.74, 6) is 0.866. The fraction of sp³-hybridized carbons (Fsp3) is 0.308. The lowest BCUT2D eigenvalue weighted by Gasteiger charge is -2.13. The molecule has 0 aliphatic heterocycles. The first-order chi connectivity index (χ1) is 8.06. The Balaban J connectivity index is 2.46. The number of hydrogen-bond acceptors (Lipinski definition) is 3. The first-order valence-electron chi connectivity index (χ1n) is 5.55. The number of aryl methyl sites for hydroxylation is 1. The molecule has 0 unspecified atom stereocenters. The number of hydrogen-bond donors (Lipinski definition) is 1. The van der Waals surface area contributed by atoms with Gasteiger partial charge in [0.2, 0.25) is 0 Å². The van der Waals surface area contributed by atoms with Crippen LogP contribution in [0.1, 0.15) is 13.8 Å². The molecule has 1 heterocycles. The van der Waals surface area contributed by atoms with Gasteiger partial charge in [0, 0.05) is 29.3 Å². The Morgan fingerprint density at radius 2 is 2.12 bits per heavy atom. The molecule has 3 nitrogen and oxygen atoms in total. The molecular weight excluding hydrogens is 232 g/mol. The quantitative estimate of drug-likeness (QED) is 0.845. The van der Waals surface area contributed by atoms with Gasteiger partial charge in [0.15, 0.2) is 0 Å². The van der Waals surface area contributed by atoms with Gasteiger partial charge >= 0.3 is 0 Å². The summed E-state index contributed by atoms with van der Waals surface area (Å²) in [6, 6.07) is 5.88. The molecule has 0 N–H and O–H groups in total. The summed E-state index contributed by atoms with van der Waals surface area (Å²) in [4.78, 5) is 0.917. The molecule has 0 saturated carbocycles. The maximum absolute atomic E-state index is 5.79. The first kappa shape index (κ1) is 12.0. The van der Waals surface area contributed by atoms with Crippen LogP contribution in [-0.4, -0.2) is 15.9 Å². The Hall–Kier alpha value is -1.42. The summed E-state index contributed by atoms with van der Waals surface area (Å²) in [6.07, 6.45) is 3.95. The van der Waals surface area contributed by atoms with E-state index in [2.05, 4.69) is 17.7 Å². The number of nitrogens with zero attached hydrogens (tertiary/aromatic N) is 2. The van der Waals surface area contributed by atoms with Crippen LogP contribution < -0.4 is 4.74 Å². The molecule has 0 bridgehead atoms. The molecule has 0 fully saturated rings. The number of thiol groups is 1. The van der Waals surface area contributed by atoms with Crippen molar-refractivity contribution in [1.82, 2.24) is 9.78 Å². The Kier molecular flexibility index (Phi) is 3.43. The fourth-order valence-corrected chi connectivity index (χ4v) is 1.86. The van der Waals surface area contributed by atoms with Crippen molar-refractivity contribution in [1.29, 1.82) is 0 Å². The average molecular weight is 248 g/mol. The monoisotopic (exact) mass is 248 g/mol. The van der Waals surface area contributed by atoms with Gasteiger partial charge in [-0.3, -0.25) is 4.68 Å². The van der Waals surface area contributed by atoms with Crippen molar-refractivity contribution in [2.75, 3.05) is 0 Å². The summed E-state index contributed by atoms with van der Waals surface area (Å²) in [5.41, 5.74) is 2.07. The van der Waals surface area contributed by atoms with Crippen LogP contribution in [0.4, 0.5) is 0 Å². The van der Waals surface area contributed by atoms with Crippen molar-refractivity contribution in [3.63, 3.8) is 0 Å². The van der Waals surface area contributed by atoms with Crippen LogP contribution in [0.2, 0.25) is 0 Å². The lowest BCUT2D eigenvalue weighted by atomic mass is 10.1. The first-order valence-corrected chi connectivity index (χ1v) is 5.99. The molecule has 17 heavy (non-hydrogen) atoms. The highest BCUT2D eigenvalue weighted by Gasteiger charge is 2.10. The third-order valence-corrected chi connectivity index (χ3v) is 2.62. The standard InChI is InChI=1S/C13H16N2OS/c1-9(2)16-13-5-4-11(17)6-12(13)10-7-14-15(3)8-10/h4-9,17H,1-3H3.